The van der Waals surface area contributed by atoms with Gasteiger partial charge in [0.2, 0.25) is 0 Å². The van der Waals surface area contributed by atoms with Gasteiger partial charge in [-0.15, -0.1) is 0 Å². The van der Waals surface area contributed by atoms with Gasteiger partial charge in [0, 0.05) is 37.3 Å². The molecule has 0 aliphatic carbocycles. The van der Waals surface area contributed by atoms with Crippen molar-refractivity contribution in [2.24, 2.45) is 5.92 Å². The summed E-state index contributed by atoms with van der Waals surface area (Å²) in [4.78, 5) is 14.4. The Kier molecular flexibility index (Phi) is 3.51. The number of nitrogens with zero attached hydrogens (tertiary/aromatic N) is 3. The van der Waals surface area contributed by atoms with Crippen LogP contribution in [0.1, 0.15) is 29.6 Å². The van der Waals surface area contributed by atoms with E-state index < -0.39 is 0 Å². The Labute approximate surface area is 135 Å². The fourth-order valence-corrected chi connectivity index (χ4v) is 4.15. The predicted octanol–water partition coefficient (Wildman–Crippen LogP) is 2.53. The van der Waals surface area contributed by atoms with Crippen molar-refractivity contribution >= 4 is 0 Å². The fourth-order valence-electron chi connectivity index (χ4n) is 4.15. The molecule has 4 rings (SSSR count). The minimum Gasteiger partial charge on any atom is -0.312 e. The lowest BCUT2D eigenvalue weighted by Crippen LogP contribution is -2.47. The summed E-state index contributed by atoms with van der Waals surface area (Å²) < 4.78 is 1.93. The lowest BCUT2D eigenvalue weighted by Gasteiger charge is -2.44. The molecule has 1 fully saturated rings. The lowest BCUT2D eigenvalue weighted by molar-refractivity contribution is 0.100. The number of nitriles is 1. The van der Waals surface area contributed by atoms with Crippen molar-refractivity contribution in [2.45, 2.75) is 24.9 Å². The topological polar surface area (TPSA) is 49.0 Å². The van der Waals surface area contributed by atoms with Crippen molar-refractivity contribution in [1.29, 1.82) is 5.26 Å². The second-order valence-corrected chi connectivity index (χ2v) is 6.59. The van der Waals surface area contributed by atoms with Crippen LogP contribution in [0.2, 0.25) is 0 Å². The third kappa shape index (κ3) is 2.47. The Morgan fingerprint density at radius 1 is 1.04 bits per heavy atom. The number of rotatable bonds is 2. The molecule has 0 amide bonds. The highest BCUT2D eigenvalue weighted by Crippen LogP contribution is 2.38. The summed E-state index contributed by atoms with van der Waals surface area (Å²) in [6.07, 6.45) is 1.12. The van der Waals surface area contributed by atoms with Crippen molar-refractivity contribution in [3.8, 4) is 6.07 Å². The van der Waals surface area contributed by atoms with Gasteiger partial charge in [0.05, 0.1) is 6.07 Å². The summed E-state index contributed by atoms with van der Waals surface area (Å²) in [6, 6.07) is 17.8. The van der Waals surface area contributed by atoms with Crippen LogP contribution < -0.4 is 5.56 Å². The van der Waals surface area contributed by atoms with Crippen molar-refractivity contribution in [1.82, 2.24) is 9.47 Å². The zero-order valence-electron chi connectivity index (χ0n) is 12.9. The Bertz CT molecular complexity index is 805. The molecule has 0 saturated carbocycles. The van der Waals surface area contributed by atoms with E-state index in [-0.39, 0.29) is 11.6 Å². The molecule has 3 heterocycles. The van der Waals surface area contributed by atoms with Gasteiger partial charge < -0.3 is 4.57 Å². The Balaban J connectivity index is 1.66. The number of hydrogen-bond acceptors (Lipinski definition) is 3. The van der Waals surface area contributed by atoms with Gasteiger partial charge in [0.1, 0.15) is 6.04 Å². The maximum absolute atomic E-state index is 12.1. The second-order valence-electron chi connectivity index (χ2n) is 6.59. The van der Waals surface area contributed by atoms with E-state index in [1.54, 1.807) is 6.07 Å². The Morgan fingerprint density at radius 2 is 1.87 bits per heavy atom. The van der Waals surface area contributed by atoms with E-state index in [9.17, 15) is 10.1 Å². The highest BCUT2D eigenvalue weighted by molar-refractivity contribution is 5.25. The molecule has 0 radical (unpaired) electrons. The number of likely N-dealkylation sites (tertiary alicyclic amines) is 1. The van der Waals surface area contributed by atoms with Gasteiger partial charge in [0.25, 0.3) is 5.56 Å². The molecule has 3 atom stereocenters. The minimum absolute atomic E-state index is 0.102. The third-order valence-corrected chi connectivity index (χ3v) is 5.11. The van der Waals surface area contributed by atoms with Crippen LogP contribution in [0.3, 0.4) is 0 Å². The number of pyridine rings is 1. The lowest BCUT2D eigenvalue weighted by atomic mass is 9.82. The van der Waals surface area contributed by atoms with E-state index in [1.165, 1.54) is 0 Å². The van der Waals surface area contributed by atoms with E-state index in [0.29, 0.717) is 11.8 Å². The molecule has 4 heteroatoms. The summed E-state index contributed by atoms with van der Waals surface area (Å²) in [5.74, 6) is 0.789. The van der Waals surface area contributed by atoms with Crippen molar-refractivity contribution in [2.75, 3.05) is 13.1 Å². The first kappa shape index (κ1) is 14.2. The summed E-state index contributed by atoms with van der Waals surface area (Å²) in [5, 5.41) is 9.69. The van der Waals surface area contributed by atoms with Crippen LogP contribution in [0.25, 0.3) is 0 Å². The van der Waals surface area contributed by atoms with Crippen molar-refractivity contribution in [3.63, 3.8) is 0 Å². The van der Waals surface area contributed by atoms with Gasteiger partial charge in [0.15, 0.2) is 0 Å². The first-order valence-corrected chi connectivity index (χ1v) is 8.14. The molecule has 1 aromatic heterocycles. The average Bonchev–Trinajstić information content (AvgIpc) is 2.58. The van der Waals surface area contributed by atoms with Crippen LogP contribution in [0.15, 0.2) is 53.3 Å². The predicted molar refractivity (Wildman–Crippen MR) is 87.9 cm³/mol. The van der Waals surface area contributed by atoms with E-state index in [1.807, 2.05) is 41.0 Å². The van der Waals surface area contributed by atoms with Gasteiger partial charge in [-0.3, -0.25) is 9.69 Å². The average molecular weight is 305 g/mol. The highest BCUT2D eigenvalue weighted by atomic mass is 16.1. The molecule has 0 N–H and O–H groups in total. The largest absolute Gasteiger partial charge is 0.312 e. The SMILES string of the molecule is N#CC(c1ccccc1)N1CC2C[C@H](C1)Cn1c2cccc1=O. The molecular weight excluding hydrogens is 286 g/mol. The third-order valence-electron chi connectivity index (χ3n) is 5.11. The zero-order valence-corrected chi connectivity index (χ0v) is 12.9. The van der Waals surface area contributed by atoms with E-state index in [0.717, 1.165) is 37.3 Å². The van der Waals surface area contributed by atoms with Crippen LogP contribution in [0, 0.1) is 17.2 Å². The van der Waals surface area contributed by atoms with Crippen molar-refractivity contribution in [3.05, 3.63) is 70.1 Å². The van der Waals surface area contributed by atoms with E-state index in [2.05, 4.69) is 17.0 Å². The van der Waals surface area contributed by atoms with Crippen LogP contribution in [-0.4, -0.2) is 22.6 Å². The molecule has 1 saturated heterocycles. The van der Waals surface area contributed by atoms with E-state index in [4.69, 9.17) is 0 Å². The quantitative estimate of drug-likeness (QED) is 0.856. The smallest absolute Gasteiger partial charge is 0.250 e. The Morgan fingerprint density at radius 3 is 2.65 bits per heavy atom. The molecule has 2 bridgehead atoms. The number of piperidine rings is 1. The molecule has 1 aromatic carbocycles. The maximum Gasteiger partial charge on any atom is 0.250 e. The maximum atomic E-state index is 12.1. The van der Waals surface area contributed by atoms with Gasteiger partial charge >= 0.3 is 0 Å². The zero-order chi connectivity index (χ0) is 15.8. The molecule has 23 heavy (non-hydrogen) atoms. The molecule has 2 unspecified atom stereocenters. The summed E-state index contributed by atoms with van der Waals surface area (Å²) in [5.41, 5.74) is 2.29. The van der Waals surface area contributed by atoms with Crippen LogP contribution in [0.4, 0.5) is 0 Å². The normalized spacial score (nSPS) is 24.5. The van der Waals surface area contributed by atoms with Crippen molar-refractivity contribution < 1.29 is 0 Å². The Hall–Kier alpha value is -2.38. The van der Waals surface area contributed by atoms with Gasteiger partial charge in [-0.2, -0.15) is 5.26 Å². The summed E-state index contributed by atoms with van der Waals surface area (Å²) >= 11 is 0. The summed E-state index contributed by atoms with van der Waals surface area (Å²) in [6.45, 7) is 2.49. The van der Waals surface area contributed by atoms with Crippen LogP contribution in [0.5, 0.6) is 0 Å². The van der Waals surface area contributed by atoms with Gasteiger partial charge in [-0.25, -0.2) is 0 Å². The number of benzene rings is 1. The fraction of sp³-hybridized carbons (Fsp3) is 0.368. The molecule has 0 spiro atoms. The number of hydrogen-bond donors (Lipinski definition) is 0. The monoisotopic (exact) mass is 305 g/mol. The van der Waals surface area contributed by atoms with Crippen LogP contribution in [-0.2, 0) is 6.54 Å². The molecule has 2 aliphatic rings. The first-order chi connectivity index (χ1) is 11.3. The molecular formula is C19H19N3O. The molecule has 2 aromatic rings. The van der Waals surface area contributed by atoms with Gasteiger partial charge in [-0.05, 0) is 24.0 Å². The molecule has 116 valence electrons. The molecule has 4 nitrogen and oxygen atoms in total. The minimum atomic E-state index is -0.205. The molecule has 2 aliphatic heterocycles. The first-order valence-electron chi connectivity index (χ1n) is 8.14. The summed E-state index contributed by atoms with van der Waals surface area (Å²) in [7, 11) is 0. The second kappa shape index (κ2) is 5.68. The van der Waals surface area contributed by atoms with Crippen LogP contribution >= 0.6 is 0 Å². The standard InChI is InChI=1S/C19H19N3O/c20-10-18(15-5-2-1-3-6-15)21-11-14-9-16(13-21)17-7-4-8-19(23)22(17)12-14/h1-8,14,16,18H,9,11-13H2/t14-,16?,18?/m1/s1. The number of fused-ring (bicyclic) bond motifs is 4. The van der Waals surface area contributed by atoms with E-state index >= 15 is 0 Å². The number of aromatic nitrogens is 1. The van der Waals surface area contributed by atoms with Gasteiger partial charge in [-0.1, -0.05) is 36.4 Å². The highest BCUT2D eigenvalue weighted by Gasteiger charge is 2.37.